The van der Waals surface area contributed by atoms with Crippen molar-refractivity contribution in [2.24, 2.45) is 11.3 Å². The number of nitrogens with zero attached hydrogens (tertiary/aromatic N) is 1. The summed E-state index contributed by atoms with van der Waals surface area (Å²) in [7, 11) is 0. The molecule has 5 nitrogen and oxygen atoms in total. The molecule has 0 radical (unpaired) electrons. The Hall–Kier alpha value is -1.10. The molecule has 104 valence electrons. The van der Waals surface area contributed by atoms with Crippen LogP contribution in [0.5, 0.6) is 0 Å². The summed E-state index contributed by atoms with van der Waals surface area (Å²) in [4.78, 5) is 25.1. The zero-order chi connectivity index (χ0) is 14.3. The molecule has 1 heterocycles. The lowest BCUT2D eigenvalue weighted by Gasteiger charge is -2.43. The molecule has 0 spiro atoms. The summed E-state index contributed by atoms with van der Waals surface area (Å²) in [5.74, 6) is -0.975. The number of likely N-dealkylation sites (tertiary alicyclic amines) is 1. The lowest BCUT2D eigenvalue weighted by molar-refractivity contribution is -0.152. The maximum Gasteiger partial charge on any atom is 0.417 e. The summed E-state index contributed by atoms with van der Waals surface area (Å²) in [5, 5.41) is 10.0. The molecule has 1 aliphatic heterocycles. The maximum atomic E-state index is 12.0. The van der Waals surface area contributed by atoms with Crippen molar-refractivity contribution in [1.29, 1.82) is 0 Å². The monoisotopic (exact) mass is 257 g/mol. The molecule has 0 aromatic rings. The Morgan fingerprint density at radius 3 is 2.39 bits per heavy atom. The highest BCUT2D eigenvalue weighted by Gasteiger charge is 2.47. The zero-order valence-electron chi connectivity index (χ0n) is 12.0. The number of hydrogen-bond acceptors (Lipinski definition) is 4. The van der Waals surface area contributed by atoms with E-state index in [1.165, 1.54) is 0 Å². The van der Waals surface area contributed by atoms with Gasteiger partial charge >= 0.3 is 6.09 Å². The first-order valence-corrected chi connectivity index (χ1v) is 6.18. The van der Waals surface area contributed by atoms with Crippen LogP contribution in [0.4, 0.5) is 4.79 Å². The number of aliphatic hydroxyl groups excluding tert-OH is 1. The fourth-order valence-electron chi connectivity index (χ4n) is 2.11. The third-order valence-electron chi connectivity index (χ3n) is 3.11. The fourth-order valence-corrected chi connectivity index (χ4v) is 2.11. The smallest absolute Gasteiger partial charge is 0.417 e. The average molecular weight is 257 g/mol. The minimum atomic E-state index is -0.747. The predicted molar refractivity (Wildman–Crippen MR) is 66.9 cm³/mol. The highest BCUT2D eigenvalue weighted by Crippen LogP contribution is 2.34. The molecule has 2 atom stereocenters. The van der Waals surface area contributed by atoms with E-state index in [4.69, 9.17) is 4.74 Å². The molecule has 1 rings (SSSR count). The number of carbonyl (C=O) groups is 2. The van der Waals surface area contributed by atoms with Gasteiger partial charge in [0.1, 0.15) is 5.60 Å². The summed E-state index contributed by atoms with van der Waals surface area (Å²) < 4.78 is 5.21. The molecule has 1 saturated heterocycles. The minimum absolute atomic E-state index is 0.173. The normalized spacial score (nSPS) is 28.2. The fraction of sp³-hybridized carbons (Fsp3) is 0.846. The molecule has 0 unspecified atom stereocenters. The Labute approximate surface area is 108 Å². The van der Waals surface area contributed by atoms with Gasteiger partial charge in [-0.25, -0.2) is 9.69 Å². The van der Waals surface area contributed by atoms with Crippen LogP contribution in [0, 0.1) is 11.3 Å². The Kier molecular flexibility index (Phi) is 3.77. The Balaban J connectivity index is 2.90. The molecule has 0 bridgehead atoms. The van der Waals surface area contributed by atoms with Gasteiger partial charge in [-0.05, 0) is 20.8 Å². The SMILES string of the molecule is C[C@@H]1C(=O)N(C(=O)OC(C)(C)C)CC(C)(C)[C@@H]1O. The molecule has 0 aliphatic carbocycles. The van der Waals surface area contributed by atoms with Gasteiger partial charge < -0.3 is 9.84 Å². The van der Waals surface area contributed by atoms with Crippen molar-refractivity contribution >= 4 is 12.0 Å². The van der Waals surface area contributed by atoms with Crippen LogP contribution in [0.2, 0.25) is 0 Å². The summed E-state index contributed by atoms with van der Waals surface area (Å²) in [6.07, 6.45) is -1.39. The molecule has 0 aromatic carbocycles. The van der Waals surface area contributed by atoms with E-state index in [9.17, 15) is 14.7 Å². The third-order valence-corrected chi connectivity index (χ3v) is 3.11. The van der Waals surface area contributed by atoms with Gasteiger partial charge in [0.15, 0.2) is 0 Å². The van der Waals surface area contributed by atoms with Gasteiger partial charge in [-0.1, -0.05) is 20.8 Å². The molecule has 1 N–H and O–H groups in total. The second kappa shape index (κ2) is 4.53. The first kappa shape index (κ1) is 15.0. The number of aliphatic hydroxyl groups is 1. The number of ether oxygens (including phenoxy) is 1. The first-order chi connectivity index (χ1) is 7.96. The van der Waals surface area contributed by atoms with E-state index in [0.29, 0.717) is 0 Å². The largest absolute Gasteiger partial charge is 0.443 e. The van der Waals surface area contributed by atoms with Crippen LogP contribution < -0.4 is 0 Å². The van der Waals surface area contributed by atoms with Gasteiger partial charge in [-0.3, -0.25) is 4.79 Å². The van der Waals surface area contributed by atoms with E-state index >= 15 is 0 Å². The Morgan fingerprint density at radius 2 is 1.94 bits per heavy atom. The van der Waals surface area contributed by atoms with Gasteiger partial charge in [0.05, 0.1) is 12.0 Å². The maximum absolute atomic E-state index is 12.0. The van der Waals surface area contributed by atoms with Crippen molar-refractivity contribution in [3.63, 3.8) is 0 Å². The molecule has 0 saturated carbocycles. The quantitative estimate of drug-likeness (QED) is 0.718. The number of carbonyl (C=O) groups excluding carboxylic acids is 2. The summed E-state index contributed by atoms with van der Waals surface area (Å²) in [6, 6.07) is 0. The molecule has 18 heavy (non-hydrogen) atoms. The second-order valence-electron chi connectivity index (χ2n) is 6.63. The second-order valence-corrected chi connectivity index (χ2v) is 6.63. The summed E-state index contributed by atoms with van der Waals surface area (Å²) >= 11 is 0. The van der Waals surface area contributed by atoms with Gasteiger partial charge in [-0.2, -0.15) is 0 Å². The minimum Gasteiger partial charge on any atom is -0.443 e. The molecular weight excluding hydrogens is 234 g/mol. The van der Waals surface area contributed by atoms with Crippen molar-refractivity contribution < 1.29 is 19.4 Å². The highest BCUT2D eigenvalue weighted by molar-refractivity contribution is 5.94. The molecular formula is C13H23NO4. The van der Waals surface area contributed by atoms with Crippen molar-refractivity contribution in [1.82, 2.24) is 4.90 Å². The highest BCUT2D eigenvalue weighted by atomic mass is 16.6. The molecule has 0 aromatic heterocycles. The van der Waals surface area contributed by atoms with Crippen LogP contribution in [-0.2, 0) is 9.53 Å². The zero-order valence-corrected chi connectivity index (χ0v) is 12.0. The van der Waals surface area contributed by atoms with Crippen LogP contribution in [0.1, 0.15) is 41.5 Å². The van der Waals surface area contributed by atoms with Crippen molar-refractivity contribution in [3.8, 4) is 0 Å². The first-order valence-electron chi connectivity index (χ1n) is 6.18. The average Bonchev–Trinajstić information content (AvgIpc) is 2.18. The summed E-state index contributed by atoms with van der Waals surface area (Å²) in [5.41, 5.74) is -1.16. The van der Waals surface area contributed by atoms with E-state index < -0.39 is 29.1 Å². The van der Waals surface area contributed by atoms with Gasteiger partial charge in [0.25, 0.3) is 0 Å². The van der Waals surface area contributed by atoms with Crippen LogP contribution >= 0.6 is 0 Å². The predicted octanol–water partition coefficient (Wildman–Crippen LogP) is 1.79. The summed E-state index contributed by atoms with van der Waals surface area (Å²) in [6.45, 7) is 10.7. The molecule has 1 aliphatic rings. The number of piperidine rings is 1. The van der Waals surface area contributed by atoms with Crippen LogP contribution in [0.25, 0.3) is 0 Å². The van der Waals surface area contributed by atoms with E-state index in [2.05, 4.69) is 0 Å². The molecule has 2 amide bonds. The van der Waals surface area contributed by atoms with E-state index in [1.807, 2.05) is 13.8 Å². The van der Waals surface area contributed by atoms with Crippen molar-refractivity contribution in [2.45, 2.75) is 53.2 Å². The number of hydrogen-bond donors (Lipinski definition) is 1. The van der Waals surface area contributed by atoms with E-state index in [1.54, 1.807) is 27.7 Å². The number of amides is 2. The lowest BCUT2D eigenvalue weighted by atomic mass is 9.76. The van der Waals surface area contributed by atoms with Crippen LogP contribution in [-0.4, -0.2) is 40.3 Å². The topological polar surface area (TPSA) is 66.8 Å². The Bertz CT molecular complexity index is 356. The lowest BCUT2D eigenvalue weighted by Crippen LogP contribution is -2.58. The molecule has 5 heteroatoms. The van der Waals surface area contributed by atoms with Crippen molar-refractivity contribution in [3.05, 3.63) is 0 Å². The van der Waals surface area contributed by atoms with Crippen LogP contribution in [0.15, 0.2) is 0 Å². The van der Waals surface area contributed by atoms with E-state index in [-0.39, 0.29) is 12.5 Å². The van der Waals surface area contributed by atoms with Gasteiger partial charge in [0, 0.05) is 12.0 Å². The molecule has 1 fully saturated rings. The van der Waals surface area contributed by atoms with Crippen LogP contribution in [0.3, 0.4) is 0 Å². The standard InChI is InChI=1S/C13H23NO4/c1-8-9(15)13(5,6)7-14(10(8)16)11(17)18-12(2,3)4/h8-9,15H,7H2,1-6H3/t8-,9+/m0/s1. The van der Waals surface area contributed by atoms with Gasteiger partial charge in [-0.15, -0.1) is 0 Å². The number of imide groups is 1. The van der Waals surface area contributed by atoms with Crippen molar-refractivity contribution in [2.75, 3.05) is 6.54 Å². The van der Waals surface area contributed by atoms with E-state index in [0.717, 1.165) is 4.90 Å². The Morgan fingerprint density at radius 1 is 1.44 bits per heavy atom. The third kappa shape index (κ3) is 3.02. The van der Waals surface area contributed by atoms with Gasteiger partial charge in [0.2, 0.25) is 5.91 Å². The number of rotatable bonds is 0.